The number of hydrogen-bond acceptors (Lipinski definition) is 4. The zero-order chi connectivity index (χ0) is 31.3. The predicted molar refractivity (Wildman–Crippen MR) is 176 cm³/mol. The first kappa shape index (κ1) is 33.1. The van der Waals surface area contributed by atoms with Crippen LogP contribution in [-0.4, -0.2) is 24.7 Å². The van der Waals surface area contributed by atoms with Crippen molar-refractivity contribution in [1.29, 1.82) is 0 Å². The molecule has 0 heterocycles. The first-order valence-corrected chi connectivity index (χ1v) is 15.3. The molecule has 226 valence electrons. The van der Waals surface area contributed by atoms with Crippen LogP contribution >= 0.6 is 0 Å². The van der Waals surface area contributed by atoms with Gasteiger partial charge in [-0.15, -0.1) is 0 Å². The van der Waals surface area contributed by atoms with Gasteiger partial charge in [0.1, 0.15) is 12.4 Å². The first-order valence-electron chi connectivity index (χ1n) is 15.3. The van der Waals surface area contributed by atoms with Gasteiger partial charge in [0.05, 0.1) is 6.54 Å². The van der Waals surface area contributed by atoms with Crippen LogP contribution in [0, 0.1) is 24.7 Å². The van der Waals surface area contributed by atoms with Gasteiger partial charge in [-0.2, -0.15) is 0 Å². The molecule has 3 aromatic carbocycles. The standard InChI is InChI=1S/C38H51NO3/c1-11-38(12-2,31-19-21-33(28(4)23-31)42-26-35(41)37(8,9)10)30-18-20-32(27(3)22-30)39(25-34(40)36(5,6)7)24-29-16-14-13-15-17-29/h13-23H,11-12,24-26H2,1-10H3. The van der Waals surface area contributed by atoms with E-state index >= 15 is 0 Å². The Morgan fingerprint density at radius 2 is 1.26 bits per heavy atom. The lowest BCUT2D eigenvalue weighted by atomic mass is 9.70. The summed E-state index contributed by atoms with van der Waals surface area (Å²) in [7, 11) is 0. The molecule has 0 bridgehead atoms. The monoisotopic (exact) mass is 569 g/mol. The molecule has 0 radical (unpaired) electrons. The van der Waals surface area contributed by atoms with Gasteiger partial charge >= 0.3 is 0 Å². The average Bonchev–Trinajstić information content (AvgIpc) is 2.92. The highest BCUT2D eigenvalue weighted by molar-refractivity contribution is 5.88. The van der Waals surface area contributed by atoms with E-state index in [0.717, 1.165) is 35.4 Å². The summed E-state index contributed by atoms with van der Waals surface area (Å²) in [5.41, 5.74) is 5.98. The third kappa shape index (κ3) is 7.70. The summed E-state index contributed by atoms with van der Waals surface area (Å²) in [5, 5.41) is 0. The van der Waals surface area contributed by atoms with Crippen molar-refractivity contribution < 1.29 is 14.3 Å². The average molecular weight is 570 g/mol. The zero-order valence-electron chi connectivity index (χ0n) is 27.6. The Morgan fingerprint density at radius 3 is 1.76 bits per heavy atom. The highest BCUT2D eigenvalue weighted by Crippen LogP contribution is 2.42. The SMILES string of the molecule is CCC(CC)(c1ccc(OCC(=O)C(C)(C)C)c(C)c1)c1ccc(N(CC(=O)C(C)(C)C)Cc2ccccc2)c(C)c1. The van der Waals surface area contributed by atoms with Crippen LogP contribution in [0.2, 0.25) is 0 Å². The molecule has 0 unspecified atom stereocenters. The smallest absolute Gasteiger partial charge is 0.175 e. The first-order chi connectivity index (χ1) is 19.6. The van der Waals surface area contributed by atoms with Crippen molar-refractivity contribution in [2.75, 3.05) is 18.1 Å². The summed E-state index contributed by atoms with van der Waals surface area (Å²) >= 11 is 0. The van der Waals surface area contributed by atoms with Crippen molar-refractivity contribution in [3.63, 3.8) is 0 Å². The summed E-state index contributed by atoms with van der Waals surface area (Å²) in [6.45, 7) is 21.5. The van der Waals surface area contributed by atoms with Crippen LogP contribution in [0.4, 0.5) is 5.69 Å². The fourth-order valence-corrected chi connectivity index (χ4v) is 5.45. The van der Waals surface area contributed by atoms with E-state index in [1.54, 1.807) is 0 Å². The lowest BCUT2D eigenvalue weighted by Gasteiger charge is -2.35. The number of hydrogen-bond donors (Lipinski definition) is 0. The summed E-state index contributed by atoms with van der Waals surface area (Å²) < 4.78 is 5.95. The van der Waals surface area contributed by atoms with Gasteiger partial charge in [0.25, 0.3) is 0 Å². The minimum Gasteiger partial charge on any atom is -0.486 e. The summed E-state index contributed by atoms with van der Waals surface area (Å²) in [5.74, 6) is 1.06. The van der Waals surface area contributed by atoms with Crippen molar-refractivity contribution >= 4 is 17.3 Å². The second-order valence-electron chi connectivity index (χ2n) is 13.7. The molecule has 0 atom stereocenters. The van der Waals surface area contributed by atoms with Gasteiger partial charge in [-0.25, -0.2) is 0 Å². The third-order valence-corrected chi connectivity index (χ3v) is 8.61. The number of benzene rings is 3. The lowest BCUT2D eigenvalue weighted by Crippen LogP contribution is -2.36. The summed E-state index contributed by atoms with van der Waals surface area (Å²) in [6.07, 6.45) is 1.89. The minimum atomic E-state index is -0.422. The van der Waals surface area contributed by atoms with Crippen LogP contribution in [0.3, 0.4) is 0 Å². The number of rotatable bonds is 12. The van der Waals surface area contributed by atoms with Gasteiger partial charge in [0.15, 0.2) is 11.6 Å². The van der Waals surface area contributed by atoms with Crippen molar-refractivity contribution in [3.8, 4) is 5.75 Å². The number of Topliss-reactive ketones (excluding diaryl/α,β-unsaturated/α-hetero) is 2. The largest absolute Gasteiger partial charge is 0.486 e. The number of carbonyl (C=O) groups excluding carboxylic acids is 2. The molecule has 0 aliphatic heterocycles. The topological polar surface area (TPSA) is 46.6 Å². The molecule has 0 fully saturated rings. The van der Waals surface area contributed by atoms with E-state index in [2.05, 4.69) is 75.1 Å². The quantitative estimate of drug-likeness (QED) is 0.218. The highest BCUT2D eigenvalue weighted by atomic mass is 16.5. The Balaban J connectivity index is 1.97. The fourth-order valence-electron chi connectivity index (χ4n) is 5.45. The Bertz CT molecular complexity index is 1370. The van der Waals surface area contributed by atoms with Crippen molar-refractivity contribution in [2.24, 2.45) is 10.8 Å². The van der Waals surface area contributed by atoms with Gasteiger partial charge < -0.3 is 9.64 Å². The van der Waals surface area contributed by atoms with Gasteiger partial charge in [0, 0.05) is 28.5 Å². The number of ketones is 2. The van der Waals surface area contributed by atoms with Crippen LogP contribution in [0.25, 0.3) is 0 Å². The summed E-state index contributed by atoms with van der Waals surface area (Å²) in [6, 6.07) is 23.5. The molecule has 4 nitrogen and oxygen atoms in total. The Hall–Kier alpha value is -3.40. The van der Waals surface area contributed by atoms with E-state index in [1.165, 1.54) is 16.7 Å². The zero-order valence-corrected chi connectivity index (χ0v) is 27.6. The number of carbonyl (C=O) groups is 2. The van der Waals surface area contributed by atoms with E-state index in [0.29, 0.717) is 13.1 Å². The van der Waals surface area contributed by atoms with Crippen LogP contribution < -0.4 is 9.64 Å². The lowest BCUT2D eigenvalue weighted by molar-refractivity contribution is -0.128. The third-order valence-electron chi connectivity index (χ3n) is 8.61. The molecule has 0 aromatic heterocycles. The Morgan fingerprint density at radius 1 is 0.714 bits per heavy atom. The van der Waals surface area contributed by atoms with Gasteiger partial charge in [0.2, 0.25) is 0 Å². The summed E-state index contributed by atoms with van der Waals surface area (Å²) in [4.78, 5) is 27.8. The molecule has 3 aromatic rings. The maximum Gasteiger partial charge on any atom is 0.175 e. The number of ether oxygens (including phenoxy) is 1. The molecule has 3 rings (SSSR count). The predicted octanol–water partition coefficient (Wildman–Crippen LogP) is 9.03. The van der Waals surface area contributed by atoms with E-state index in [1.807, 2.05) is 65.8 Å². The number of nitrogens with zero attached hydrogens (tertiary/aromatic N) is 1. The van der Waals surface area contributed by atoms with Crippen LogP contribution in [0.15, 0.2) is 66.7 Å². The van der Waals surface area contributed by atoms with Crippen LogP contribution in [0.1, 0.15) is 96.0 Å². The van der Waals surface area contributed by atoms with Crippen LogP contribution in [-0.2, 0) is 21.5 Å². The van der Waals surface area contributed by atoms with E-state index in [4.69, 9.17) is 4.74 Å². The molecule has 0 aliphatic rings. The maximum atomic E-state index is 13.2. The van der Waals surface area contributed by atoms with Gasteiger partial charge in [-0.05, 0) is 66.6 Å². The van der Waals surface area contributed by atoms with Crippen molar-refractivity contribution in [3.05, 3.63) is 94.5 Å². The molecule has 0 spiro atoms. The normalized spacial score (nSPS) is 12.2. The van der Waals surface area contributed by atoms with Crippen molar-refractivity contribution in [2.45, 2.75) is 94.0 Å². The molecule has 0 saturated carbocycles. The van der Waals surface area contributed by atoms with Gasteiger partial charge in [-0.3, -0.25) is 9.59 Å². The van der Waals surface area contributed by atoms with Gasteiger partial charge in [-0.1, -0.05) is 110 Å². The second-order valence-corrected chi connectivity index (χ2v) is 13.7. The molecular weight excluding hydrogens is 518 g/mol. The second kappa shape index (κ2) is 13.3. The highest BCUT2D eigenvalue weighted by Gasteiger charge is 2.32. The molecule has 0 N–H and O–H groups in total. The molecule has 0 amide bonds. The molecule has 4 heteroatoms. The van der Waals surface area contributed by atoms with E-state index in [-0.39, 0.29) is 23.6 Å². The van der Waals surface area contributed by atoms with Crippen LogP contribution in [0.5, 0.6) is 5.75 Å². The molecule has 0 aliphatic carbocycles. The Labute approximate surface area is 254 Å². The molecular formula is C38H51NO3. The van der Waals surface area contributed by atoms with E-state index in [9.17, 15) is 9.59 Å². The maximum absolute atomic E-state index is 13.2. The number of anilines is 1. The fraction of sp³-hybridized carbons (Fsp3) is 0.474. The number of aryl methyl sites for hydroxylation is 2. The van der Waals surface area contributed by atoms with E-state index < -0.39 is 10.8 Å². The minimum absolute atomic E-state index is 0.0776. The molecule has 0 saturated heterocycles. The Kier molecular flexibility index (Phi) is 10.5. The molecule has 42 heavy (non-hydrogen) atoms. The van der Waals surface area contributed by atoms with Crippen molar-refractivity contribution in [1.82, 2.24) is 0 Å².